The number of para-hydroxylation sites is 2. The predicted octanol–water partition coefficient (Wildman–Crippen LogP) is 2.27. The van der Waals surface area contributed by atoms with Crippen LogP contribution in [0.4, 0.5) is 0 Å². The first-order chi connectivity index (χ1) is 12.0. The van der Waals surface area contributed by atoms with Gasteiger partial charge >= 0.3 is 10.3 Å². The SMILES string of the molecule is O=S(=O)(NC1CCN(Cc2ccccc2)CC1)Oc1ccccc1O. The Balaban J connectivity index is 1.50. The molecule has 0 unspecified atom stereocenters. The largest absolute Gasteiger partial charge is 0.504 e. The number of piperidine rings is 1. The Labute approximate surface area is 148 Å². The van der Waals surface area contributed by atoms with E-state index in [2.05, 4.69) is 21.8 Å². The molecule has 1 aliphatic rings. The fourth-order valence-corrected chi connectivity index (χ4v) is 3.99. The minimum atomic E-state index is -3.96. The molecule has 1 fully saturated rings. The van der Waals surface area contributed by atoms with E-state index < -0.39 is 10.3 Å². The van der Waals surface area contributed by atoms with Crippen LogP contribution in [0.5, 0.6) is 11.5 Å². The molecule has 0 atom stereocenters. The first-order valence-electron chi connectivity index (χ1n) is 8.28. The minimum Gasteiger partial charge on any atom is -0.504 e. The van der Waals surface area contributed by atoms with Crippen LogP contribution < -0.4 is 8.91 Å². The van der Waals surface area contributed by atoms with E-state index in [1.54, 1.807) is 12.1 Å². The topological polar surface area (TPSA) is 78.9 Å². The Kier molecular flexibility index (Phi) is 5.57. The van der Waals surface area contributed by atoms with Crippen molar-refractivity contribution in [1.29, 1.82) is 0 Å². The van der Waals surface area contributed by atoms with E-state index in [-0.39, 0.29) is 17.5 Å². The third-order valence-electron chi connectivity index (χ3n) is 4.21. The summed E-state index contributed by atoms with van der Waals surface area (Å²) in [5.74, 6) is -0.276. The van der Waals surface area contributed by atoms with Crippen LogP contribution in [-0.2, 0) is 16.8 Å². The quantitative estimate of drug-likeness (QED) is 0.824. The van der Waals surface area contributed by atoms with Crippen molar-refractivity contribution in [1.82, 2.24) is 9.62 Å². The molecule has 2 aromatic rings. The van der Waals surface area contributed by atoms with E-state index >= 15 is 0 Å². The first-order valence-corrected chi connectivity index (χ1v) is 9.69. The number of phenols is 1. The molecule has 134 valence electrons. The van der Waals surface area contributed by atoms with E-state index in [4.69, 9.17) is 4.18 Å². The number of nitrogens with one attached hydrogen (secondary N) is 1. The fraction of sp³-hybridized carbons (Fsp3) is 0.333. The fourth-order valence-electron chi connectivity index (χ4n) is 2.92. The van der Waals surface area contributed by atoms with Gasteiger partial charge in [0.15, 0.2) is 11.5 Å². The second-order valence-corrected chi connectivity index (χ2v) is 7.47. The molecule has 0 saturated carbocycles. The van der Waals surface area contributed by atoms with Crippen molar-refractivity contribution < 1.29 is 17.7 Å². The molecule has 6 nitrogen and oxygen atoms in total. The maximum Gasteiger partial charge on any atom is 0.382 e. The summed E-state index contributed by atoms with van der Waals surface area (Å²) >= 11 is 0. The lowest BCUT2D eigenvalue weighted by molar-refractivity contribution is 0.198. The molecule has 0 aromatic heterocycles. The molecule has 3 rings (SSSR count). The van der Waals surface area contributed by atoms with Crippen LogP contribution in [0.3, 0.4) is 0 Å². The maximum absolute atomic E-state index is 12.1. The average molecular weight is 362 g/mol. The van der Waals surface area contributed by atoms with Gasteiger partial charge in [0.1, 0.15) is 0 Å². The molecule has 1 saturated heterocycles. The van der Waals surface area contributed by atoms with Crippen molar-refractivity contribution in [2.45, 2.75) is 25.4 Å². The number of hydrogen-bond acceptors (Lipinski definition) is 5. The first kappa shape index (κ1) is 17.7. The van der Waals surface area contributed by atoms with Gasteiger partial charge in [-0.15, -0.1) is 0 Å². The molecular formula is C18H22N2O4S. The van der Waals surface area contributed by atoms with Gasteiger partial charge in [0.25, 0.3) is 0 Å². The number of phenolic OH excluding ortho intramolecular Hbond substituents is 1. The van der Waals surface area contributed by atoms with Crippen LogP contribution in [0.25, 0.3) is 0 Å². The van der Waals surface area contributed by atoms with Crippen molar-refractivity contribution in [2.75, 3.05) is 13.1 Å². The maximum atomic E-state index is 12.1. The Morgan fingerprint density at radius 3 is 2.36 bits per heavy atom. The van der Waals surface area contributed by atoms with Gasteiger partial charge < -0.3 is 9.29 Å². The summed E-state index contributed by atoms with van der Waals surface area (Å²) in [5, 5.41) is 9.63. The normalized spacial score (nSPS) is 16.6. The lowest BCUT2D eigenvalue weighted by atomic mass is 10.1. The molecule has 0 bridgehead atoms. The molecule has 1 heterocycles. The highest BCUT2D eigenvalue weighted by Crippen LogP contribution is 2.26. The lowest BCUT2D eigenvalue weighted by Gasteiger charge is -2.31. The molecule has 0 aliphatic carbocycles. The Morgan fingerprint density at radius 1 is 1.04 bits per heavy atom. The summed E-state index contributed by atoms with van der Waals surface area (Å²) < 4.78 is 31.8. The Morgan fingerprint density at radius 2 is 1.68 bits per heavy atom. The van der Waals surface area contributed by atoms with Crippen LogP contribution in [0, 0.1) is 0 Å². The molecule has 7 heteroatoms. The van der Waals surface area contributed by atoms with Gasteiger partial charge in [-0.3, -0.25) is 4.90 Å². The molecule has 25 heavy (non-hydrogen) atoms. The minimum absolute atomic E-state index is 0.0727. The predicted molar refractivity (Wildman–Crippen MR) is 95.5 cm³/mol. The molecular weight excluding hydrogens is 340 g/mol. The highest BCUT2D eigenvalue weighted by molar-refractivity contribution is 7.85. The van der Waals surface area contributed by atoms with Crippen molar-refractivity contribution >= 4 is 10.3 Å². The number of benzene rings is 2. The monoisotopic (exact) mass is 362 g/mol. The Bertz CT molecular complexity index is 788. The number of aromatic hydroxyl groups is 1. The summed E-state index contributed by atoms with van der Waals surface area (Å²) in [7, 11) is -3.96. The molecule has 0 amide bonds. The molecule has 1 aliphatic heterocycles. The summed E-state index contributed by atoms with van der Waals surface area (Å²) in [5.41, 5.74) is 1.25. The van der Waals surface area contributed by atoms with Crippen molar-refractivity contribution in [3.8, 4) is 11.5 Å². The zero-order chi connectivity index (χ0) is 17.7. The number of nitrogens with zero attached hydrogens (tertiary/aromatic N) is 1. The van der Waals surface area contributed by atoms with Gasteiger partial charge in [-0.2, -0.15) is 13.1 Å². The summed E-state index contributed by atoms with van der Waals surface area (Å²) in [6.07, 6.45) is 1.44. The summed E-state index contributed by atoms with van der Waals surface area (Å²) in [4.78, 5) is 2.31. The van der Waals surface area contributed by atoms with Gasteiger partial charge in [-0.05, 0) is 30.5 Å². The van der Waals surface area contributed by atoms with Gasteiger partial charge in [0, 0.05) is 25.7 Å². The summed E-state index contributed by atoms with van der Waals surface area (Å²) in [6, 6.07) is 16.1. The van der Waals surface area contributed by atoms with E-state index in [1.807, 2.05) is 18.2 Å². The van der Waals surface area contributed by atoms with E-state index in [0.29, 0.717) is 0 Å². The van der Waals surface area contributed by atoms with E-state index in [9.17, 15) is 13.5 Å². The highest BCUT2D eigenvalue weighted by atomic mass is 32.2. The van der Waals surface area contributed by atoms with Gasteiger partial charge in [-0.1, -0.05) is 42.5 Å². The highest BCUT2D eigenvalue weighted by Gasteiger charge is 2.25. The number of likely N-dealkylation sites (tertiary alicyclic amines) is 1. The molecule has 2 aromatic carbocycles. The average Bonchev–Trinajstić information content (AvgIpc) is 2.59. The third-order valence-corrected chi connectivity index (χ3v) is 5.23. The molecule has 0 spiro atoms. The van der Waals surface area contributed by atoms with Crippen LogP contribution in [0.15, 0.2) is 54.6 Å². The summed E-state index contributed by atoms with van der Waals surface area (Å²) in [6.45, 7) is 2.51. The van der Waals surface area contributed by atoms with Crippen LogP contribution in [0.1, 0.15) is 18.4 Å². The standard InChI is InChI=1S/C18H22N2O4S/c21-17-8-4-5-9-18(17)24-25(22,23)19-16-10-12-20(13-11-16)14-15-6-2-1-3-7-15/h1-9,16,19,21H,10-14H2. The molecule has 0 radical (unpaired) electrons. The van der Waals surface area contributed by atoms with Gasteiger partial charge in [-0.25, -0.2) is 0 Å². The van der Waals surface area contributed by atoms with Crippen LogP contribution >= 0.6 is 0 Å². The van der Waals surface area contributed by atoms with Crippen molar-refractivity contribution in [3.05, 3.63) is 60.2 Å². The zero-order valence-electron chi connectivity index (χ0n) is 13.8. The number of rotatable bonds is 6. The van der Waals surface area contributed by atoms with Crippen LogP contribution in [0.2, 0.25) is 0 Å². The Hall–Kier alpha value is -2.09. The van der Waals surface area contributed by atoms with Crippen LogP contribution in [-0.4, -0.2) is 37.6 Å². The van der Waals surface area contributed by atoms with E-state index in [1.165, 1.54) is 17.7 Å². The third kappa shape index (κ3) is 5.19. The molecule has 2 N–H and O–H groups in total. The second kappa shape index (κ2) is 7.86. The van der Waals surface area contributed by atoms with Gasteiger partial charge in [0.05, 0.1) is 0 Å². The second-order valence-electron chi connectivity index (χ2n) is 6.16. The smallest absolute Gasteiger partial charge is 0.382 e. The van der Waals surface area contributed by atoms with E-state index in [0.717, 1.165) is 32.5 Å². The van der Waals surface area contributed by atoms with Gasteiger partial charge in [0.2, 0.25) is 0 Å². The number of hydrogen-bond donors (Lipinski definition) is 2. The lowest BCUT2D eigenvalue weighted by Crippen LogP contribution is -2.45. The van der Waals surface area contributed by atoms with Crippen molar-refractivity contribution in [2.24, 2.45) is 0 Å². The van der Waals surface area contributed by atoms with Crippen molar-refractivity contribution in [3.63, 3.8) is 0 Å². The zero-order valence-corrected chi connectivity index (χ0v) is 14.7.